The smallest absolute Gasteiger partial charge is 0.257 e. The number of aromatic nitrogens is 1. The highest BCUT2D eigenvalue weighted by Gasteiger charge is 2.37. The summed E-state index contributed by atoms with van der Waals surface area (Å²) in [6.07, 6.45) is 5.78. The van der Waals surface area contributed by atoms with Gasteiger partial charge in [-0.3, -0.25) is 14.7 Å². The first-order chi connectivity index (χ1) is 12.2. The Hall–Kier alpha value is -2.40. The highest BCUT2D eigenvalue weighted by Crippen LogP contribution is 2.29. The summed E-state index contributed by atoms with van der Waals surface area (Å²) in [5.41, 5.74) is 0.615. The second-order valence-electron chi connectivity index (χ2n) is 6.88. The van der Waals surface area contributed by atoms with Gasteiger partial charge in [-0.2, -0.15) is 0 Å². The summed E-state index contributed by atoms with van der Waals surface area (Å²) >= 11 is 0. The van der Waals surface area contributed by atoms with Crippen molar-refractivity contribution in [1.29, 1.82) is 0 Å². The summed E-state index contributed by atoms with van der Waals surface area (Å²) < 4.78 is 5.92. The van der Waals surface area contributed by atoms with Crippen LogP contribution >= 0.6 is 0 Å². The van der Waals surface area contributed by atoms with Crippen molar-refractivity contribution < 1.29 is 9.53 Å². The van der Waals surface area contributed by atoms with Crippen LogP contribution in [-0.4, -0.2) is 52.4 Å². The lowest BCUT2D eigenvalue weighted by Gasteiger charge is -2.42. The summed E-state index contributed by atoms with van der Waals surface area (Å²) in [7, 11) is 0. The highest BCUT2D eigenvalue weighted by atomic mass is 16.5. The van der Waals surface area contributed by atoms with Crippen molar-refractivity contribution in [2.24, 2.45) is 0 Å². The molecule has 0 aliphatic carbocycles. The van der Waals surface area contributed by atoms with Crippen LogP contribution in [0.4, 0.5) is 0 Å². The van der Waals surface area contributed by atoms with E-state index in [1.807, 2.05) is 41.3 Å². The van der Waals surface area contributed by atoms with Gasteiger partial charge >= 0.3 is 0 Å². The first-order valence-electron chi connectivity index (χ1n) is 8.94. The van der Waals surface area contributed by atoms with Crippen LogP contribution in [0.15, 0.2) is 48.8 Å². The molecule has 3 heterocycles. The molecule has 4 rings (SSSR count). The van der Waals surface area contributed by atoms with Crippen molar-refractivity contribution in [1.82, 2.24) is 14.8 Å². The standard InChI is InChI=1S/C20H23N3O2/c1-15-13-22-11-5-6-16(22)14-23(15)20(24)18-8-2-3-9-19(18)25-17-7-4-10-21-12-17/h2-4,7-10,12,15-16H,5-6,11,13-14H2,1H3/t15-,16+/m1/s1. The Bertz CT molecular complexity index is 750. The van der Waals surface area contributed by atoms with Gasteiger partial charge in [0, 0.05) is 31.4 Å². The number of fused-ring (bicyclic) bond motifs is 1. The van der Waals surface area contributed by atoms with Gasteiger partial charge in [-0.15, -0.1) is 0 Å². The molecule has 5 nitrogen and oxygen atoms in total. The van der Waals surface area contributed by atoms with Crippen molar-refractivity contribution in [3.63, 3.8) is 0 Å². The van der Waals surface area contributed by atoms with Crippen molar-refractivity contribution in [3.8, 4) is 11.5 Å². The number of nitrogens with zero attached hydrogens (tertiary/aromatic N) is 3. The van der Waals surface area contributed by atoms with Crippen LogP contribution in [-0.2, 0) is 0 Å². The maximum Gasteiger partial charge on any atom is 0.257 e. The van der Waals surface area contributed by atoms with Crippen LogP contribution in [0.2, 0.25) is 0 Å². The molecule has 5 heteroatoms. The number of hydrogen-bond acceptors (Lipinski definition) is 4. The van der Waals surface area contributed by atoms with E-state index in [4.69, 9.17) is 4.74 Å². The first-order valence-corrected chi connectivity index (χ1v) is 8.94. The van der Waals surface area contributed by atoms with Crippen LogP contribution < -0.4 is 4.74 Å². The van der Waals surface area contributed by atoms with E-state index in [2.05, 4.69) is 16.8 Å². The van der Waals surface area contributed by atoms with Crippen molar-refractivity contribution in [2.45, 2.75) is 31.8 Å². The van der Waals surface area contributed by atoms with Gasteiger partial charge in [0.2, 0.25) is 0 Å². The van der Waals surface area contributed by atoms with Gasteiger partial charge in [0.25, 0.3) is 5.91 Å². The molecule has 1 amide bonds. The Morgan fingerprint density at radius 3 is 2.92 bits per heavy atom. The number of para-hydroxylation sites is 1. The third-order valence-electron chi connectivity index (χ3n) is 5.18. The molecule has 2 saturated heterocycles. The number of hydrogen-bond donors (Lipinski definition) is 0. The van der Waals surface area contributed by atoms with Gasteiger partial charge in [0.1, 0.15) is 11.5 Å². The largest absolute Gasteiger partial charge is 0.455 e. The fourth-order valence-corrected chi connectivity index (χ4v) is 3.89. The molecule has 1 aromatic carbocycles. The molecule has 0 bridgehead atoms. The molecule has 130 valence electrons. The maximum absolute atomic E-state index is 13.2. The van der Waals surface area contributed by atoms with Gasteiger partial charge in [-0.05, 0) is 50.6 Å². The summed E-state index contributed by atoms with van der Waals surface area (Å²) in [6.45, 7) is 5.07. The molecule has 0 saturated carbocycles. The lowest BCUT2D eigenvalue weighted by Crippen LogP contribution is -2.56. The van der Waals surface area contributed by atoms with Gasteiger partial charge in [-0.1, -0.05) is 12.1 Å². The molecular weight excluding hydrogens is 314 g/mol. The Kier molecular flexibility index (Phi) is 4.40. The number of ether oxygens (including phenoxy) is 1. The zero-order valence-corrected chi connectivity index (χ0v) is 14.5. The van der Waals surface area contributed by atoms with Crippen LogP contribution in [0, 0.1) is 0 Å². The van der Waals surface area contributed by atoms with Gasteiger partial charge in [0.15, 0.2) is 0 Å². The number of amides is 1. The zero-order chi connectivity index (χ0) is 17.2. The average molecular weight is 337 g/mol. The summed E-state index contributed by atoms with van der Waals surface area (Å²) in [5, 5.41) is 0. The molecule has 1 aromatic heterocycles. The molecular formula is C20H23N3O2. The van der Waals surface area contributed by atoms with E-state index in [1.54, 1.807) is 12.4 Å². The lowest BCUT2D eigenvalue weighted by atomic mass is 10.1. The Morgan fingerprint density at radius 1 is 1.20 bits per heavy atom. The number of rotatable bonds is 3. The van der Waals surface area contributed by atoms with Gasteiger partial charge < -0.3 is 9.64 Å². The number of carbonyl (C=O) groups is 1. The van der Waals surface area contributed by atoms with E-state index in [0.29, 0.717) is 23.1 Å². The predicted octanol–water partition coefficient (Wildman–Crippen LogP) is 3.18. The van der Waals surface area contributed by atoms with Crippen molar-refractivity contribution in [2.75, 3.05) is 19.6 Å². The first kappa shape index (κ1) is 16.1. The minimum absolute atomic E-state index is 0.0542. The Morgan fingerprint density at radius 2 is 2.08 bits per heavy atom. The molecule has 2 atom stereocenters. The van der Waals surface area contributed by atoms with Crippen LogP contribution in [0.25, 0.3) is 0 Å². The number of pyridine rings is 1. The SMILES string of the molecule is C[C@@H]1CN2CCC[C@H]2CN1C(=O)c1ccccc1Oc1cccnc1. The van der Waals surface area contributed by atoms with E-state index >= 15 is 0 Å². The molecule has 0 unspecified atom stereocenters. The fourth-order valence-electron chi connectivity index (χ4n) is 3.89. The van der Waals surface area contributed by atoms with E-state index in [9.17, 15) is 4.79 Å². The second-order valence-corrected chi connectivity index (χ2v) is 6.88. The molecule has 25 heavy (non-hydrogen) atoms. The lowest BCUT2D eigenvalue weighted by molar-refractivity contribution is 0.0393. The molecule has 0 radical (unpaired) electrons. The van der Waals surface area contributed by atoms with E-state index in [1.165, 1.54) is 12.8 Å². The Balaban J connectivity index is 1.58. The summed E-state index contributed by atoms with van der Waals surface area (Å²) in [4.78, 5) is 21.8. The monoisotopic (exact) mass is 337 g/mol. The zero-order valence-electron chi connectivity index (χ0n) is 14.5. The number of benzene rings is 1. The van der Waals surface area contributed by atoms with E-state index < -0.39 is 0 Å². The van der Waals surface area contributed by atoms with Crippen LogP contribution in [0.1, 0.15) is 30.1 Å². The predicted molar refractivity (Wildman–Crippen MR) is 95.8 cm³/mol. The topological polar surface area (TPSA) is 45.7 Å². The fraction of sp³-hybridized carbons (Fsp3) is 0.400. The quantitative estimate of drug-likeness (QED) is 0.863. The minimum Gasteiger partial charge on any atom is -0.455 e. The van der Waals surface area contributed by atoms with Crippen molar-refractivity contribution >= 4 is 5.91 Å². The minimum atomic E-state index is 0.0542. The molecule has 2 aromatic rings. The van der Waals surface area contributed by atoms with Crippen LogP contribution in [0.5, 0.6) is 11.5 Å². The van der Waals surface area contributed by atoms with E-state index in [-0.39, 0.29) is 11.9 Å². The highest BCUT2D eigenvalue weighted by molar-refractivity contribution is 5.97. The summed E-state index contributed by atoms with van der Waals surface area (Å²) in [6, 6.07) is 11.9. The maximum atomic E-state index is 13.2. The number of piperazine rings is 1. The normalized spacial score (nSPS) is 23.3. The molecule has 0 spiro atoms. The molecule has 2 aliphatic rings. The second kappa shape index (κ2) is 6.84. The molecule has 2 aliphatic heterocycles. The third-order valence-corrected chi connectivity index (χ3v) is 5.18. The third kappa shape index (κ3) is 3.24. The summed E-state index contributed by atoms with van der Waals surface area (Å²) in [5.74, 6) is 1.27. The van der Waals surface area contributed by atoms with Gasteiger partial charge in [0.05, 0.1) is 11.8 Å². The Labute approximate surface area is 148 Å². The van der Waals surface area contributed by atoms with E-state index in [0.717, 1.165) is 19.6 Å². The number of carbonyl (C=O) groups excluding carboxylic acids is 1. The molecule has 2 fully saturated rings. The van der Waals surface area contributed by atoms with Gasteiger partial charge in [-0.25, -0.2) is 0 Å². The molecule has 0 N–H and O–H groups in total. The van der Waals surface area contributed by atoms with Crippen LogP contribution in [0.3, 0.4) is 0 Å². The average Bonchev–Trinajstić information content (AvgIpc) is 3.09. The van der Waals surface area contributed by atoms with Crippen molar-refractivity contribution in [3.05, 3.63) is 54.4 Å².